The van der Waals surface area contributed by atoms with Crippen molar-refractivity contribution in [1.29, 1.82) is 0 Å². The van der Waals surface area contributed by atoms with Gasteiger partial charge in [-0.1, -0.05) is 0 Å². The summed E-state index contributed by atoms with van der Waals surface area (Å²) in [7, 11) is 3.78. The Bertz CT molecular complexity index is 275. The zero-order valence-electron chi connectivity index (χ0n) is 8.08. The predicted molar refractivity (Wildman–Crippen MR) is 49.4 cm³/mol. The molecule has 0 saturated heterocycles. The van der Waals surface area contributed by atoms with Gasteiger partial charge in [-0.2, -0.15) is 0 Å². The fraction of sp³-hybridized carbons (Fsp3) is 0.444. The largest absolute Gasteiger partial charge is 0.261 e. The third kappa shape index (κ3) is 3.08. The lowest BCUT2D eigenvalue weighted by molar-refractivity contribution is 0.251. The summed E-state index contributed by atoms with van der Waals surface area (Å²) < 4.78 is 12.8. The SMILES string of the molecule is CC(NN(C)C)c1cncc(F)c1. The van der Waals surface area contributed by atoms with Crippen LogP contribution in [-0.4, -0.2) is 24.1 Å². The highest BCUT2D eigenvalue weighted by Gasteiger charge is 2.06. The maximum absolute atomic E-state index is 12.8. The van der Waals surface area contributed by atoms with Gasteiger partial charge in [0.05, 0.1) is 6.20 Å². The van der Waals surface area contributed by atoms with Crippen molar-refractivity contribution < 1.29 is 4.39 Å². The van der Waals surface area contributed by atoms with Gasteiger partial charge in [0, 0.05) is 26.3 Å². The Hall–Kier alpha value is -1.00. The van der Waals surface area contributed by atoms with Crippen LogP contribution in [0.1, 0.15) is 18.5 Å². The van der Waals surface area contributed by atoms with Crippen molar-refractivity contribution in [2.75, 3.05) is 14.1 Å². The van der Waals surface area contributed by atoms with Gasteiger partial charge >= 0.3 is 0 Å². The molecule has 1 heterocycles. The summed E-state index contributed by atoms with van der Waals surface area (Å²) in [4.78, 5) is 3.78. The Balaban J connectivity index is 2.71. The minimum atomic E-state index is -0.301. The van der Waals surface area contributed by atoms with Gasteiger partial charge in [0.1, 0.15) is 5.82 Å². The summed E-state index contributed by atoms with van der Waals surface area (Å²) in [6.07, 6.45) is 2.86. The summed E-state index contributed by atoms with van der Waals surface area (Å²) in [5.41, 5.74) is 3.95. The number of hydrogen-bond acceptors (Lipinski definition) is 3. The van der Waals surface area contributed by atoms with E-state index in [1.165, 1.54) is 12.3 Å². The van der Waals surface area contributed by atoms with Gasteiger partial charge in [0.2, 0.25) is 0 Å². The molecule has 0 aliphatic carbocycles. The number of nitrogens with one attached hydrogen (secondary N) is 1. The van der Waals surface area contributed by atoms with Crippen LogP contribution in [0.3, 0.4) is 0 Å². The van der Waals surface area contributed by atoms with Crippen molar-refractivity contribution in [2.45, 2.75) is 13.0 Å². The molecular formula is C9H14FN3. The Kier molecular flexibility index (Phi) is 3.33. The summed E-state index contributed by atoms with van der Waals surface area (Å²) >= 11 is 0. The van der Waals surface area contributed by atoms with E-state index < -0.39 is 0 Å². The average Bonchev–Trinajstić information content (AvgIpc) is 2.03. The van der Waals surface area contributed by atoms with Crippen LogP contribution in [-0.2, 0) is 0 Å². The van der Waals surface area contributed by atoms with E-state index in [0.717, 1.165) is 5.56 Å². The summed E-state index contributed by atoms with van der Waals surface area (Å²) in [6, 6.07) is 1.55. The third-order valence-corrected chi connectivity index (χ3v) is 1.68. The Morgan fingerprint density at radius 1 is 1.46 bits per heavy atom. The molecule has 0 bridgehead atoms. The summed E-state index contributed by atoms with van der Waals surface area (Å²) in [6.45, 7) is 1.95. The maximum Gasteiger partial charge on any atom is 0.141 e. The highest BCUT2D eigenvalue weighted by atomic mass is 19.1. The second-order valence-electron chi connectivity index (χ2n) is 3.18. The van der Waals surface area contributed by atoms with E-state index in [4.69, 9.17) is 0 Å². The number of nitrogens with zero attached hydrogens (tertiary/aromatic N) is 2. The van der Waals surface area contributed by atoms with Crippen molar-refractivity contribution in [2.24, 2.45) is 0 Å². The topological polar surface area (TPSA) is 28.2 Å². The van der Waals surface area contributed by atoms with Crippen LogP contribution in [0.15, 0.2) is 18.5 Å². The van der Waals surface area contributed by atoms with Gasteiger partial charge in [-0.25, -0.2) is 9.82 Å². The van der Waals surface area contributed by atoms with Crippen molar-refractivity contribution in [1.82, 2.24) is 15.4 Å². The molecule has 1 aromatic heterocycles. The number of pyridine rings is 1. The monoisotopic (exact) mass is 183 g/mol. The van der Waals surface area contributed by atoms with E-state index in [1.807, 2.05) is 26.0 Å². The molecule has 1 atom stereocenters. The molecule has 1 rings (SSSR count). The first-order chi connectivity index (χ1) is 6.09. The lowest BCUT2D eigenvalue weighted by Crippen LogP contribution is -2.32. The van der Waals surface area contributed by atoms with Crippen LogP contribution < -0.4 is 5.43 Å². The van der Waals surface area contributed by atoms with Gasteiger partial charge < -0.3 is 0 Å². The molecule has 0 aromatic carbocycles. The minimum absolute atomic E-state index is 0.0678. The first-order valence-corrected chi connectivity index (χ1v) is 4.13. The van der Waals surface area contributed by atoms with Crippen LogP contribution in [0.4, 0.5) is 4.39 Å². The second-order valence-corrected chi connectivity index (χ2v) is 3.18. The van der Waals surface area contributed by atoms with E-state index in [2.05, 4.69) is 10.4 Å². The summed E-state index contributed by atoms with van der Waals surface area (Å²) in [5, 5.41) is 1.83. The van der Waals surface area contributed by atoms with Crippen molar-refractivity contribution in [3.05, 3.63) is 29.8 Å². The quantitative estimate of drug-likeness (QED) is 0.717. The number of hydrogen-bond donors (Lipinski definition) is 1. The normalized spacial score (nSPS) is 13.3. The maximum atomic E-state index is 12.8. The first kappa shape index (κ1) is 10.1. The zero-order valence-corrected chi connectivity index (χ0v) is 8.08. The lowest BCUT2D eigenvalue weighted by atomic mass is 10.1. The molecular weight excluding hydrogens is 169 g/mol. The number of rotatable bonds is 3. The molecule has 0 saturated carbocycles. The van der Waals surface area contributed by atoms with Crippen molar-refractivity contribution in [3.8, 4) is 0 Å². The molecule has 13 heavy (non-hydrogen) atoms. The van der Waals surface area contributed by atoms with Crippen molar-refractivity contribution in [3.63, 3.8) is 0 Å². The Labute approximate surface area is 77.6 Å². The van der Waals surface area contributed by atoms with Gasteiger partial charge in [0.15, 0.2) is 0 Å². The fourth-order valence-electron chi connectivity index (χ4n) is 1.13. The van der Waals surface area contributed by atoms with Gasteiger partial charge in [-0.3, -0.25) is 9.99 Å². The highest BCUT2D eigenvalue weighted by Crippen LogP contribution is 2.11. The average molecular weight is 183 g/mol. The van der Waals surface area contributed by atoms with Crippen LogP contribution in [0.25, 0.3) is 0 Å². The Morgan fingerprint density at radius 2 is 2.15 bits per heavy atom. The molecule has 0 aliphatic heterocycles. The fourth-order valence-corrected chi connectivity index (χ4v) is 1.13. The summed E-state index contributed by atoms with van der Waals surface area (Å²) in [5.74, 6) is -0.301. The van der Waals surface area contributed by atoms with Gasteiger partial charge in [-0.05, 0) is 18.6 Å². The molecule has 0 fully saturated rings. The van der Waals surface area contributed by atoms with Crippen molar-refractivity contribution >= 4 is 0 Å². The second kappa shape index (κ2) is 4.30. The van der Waals surface area contributed by atoms with Crippen LogP contribution in [0.2, 0.25) is 0 Å². The number of aromatic nitrogens is 1. The van der Waals surface area contributed by atoms with E-state index >= 15 is 0 Å². The van der Waals surface area contributed by atoms with E-state index in [-0.39, 0.29) is 11.9 Å². The zero-order chi connectivity index (χ0) is 9.84. The number of halogens is 1. The first-order valence-electron chi connectivity index (χ1n) is 4.13. The molecule has 1 unspecified atom stereocenters. The molecule has 3 nitrogen and oxygen atoms in total. The van der Waals surface area contributed by atoms with E-state index in [0.29, 0.717) is 0 Å². The molecule has 0 radical (unpaired) electrons. The smallest absolute Gasteiger partial charge is 0.141 e. The molecule has 1 N–H and O–H groups in total. The molecule has 0 amide bonds. The lowest BCUT2D eigenvalue weighted by Gasteiger charge is -2.19. The van der Waals surface area contributed by atoms with Crippen LogP contribution in [0.5, 0.6) is 0 Å². The molecule has 72 valence electrons. The van der Waals surface area contributed by atoms with Gasteiger partial charge in [-0.15, -0.1) is 0 Å². The van der Waals surface area contributed by atoms with Gasteiger partial charge in [0.25, 0.3) is 0 Å². The third-order valence-electron chi connectivity index (χ3n) is 1.68. The minimum Gasteiger partial charge on any atom is -0.261 e. The molecule has 4 heteroatoms. The Morgan fingerprint density at radius 3 is 2.69 bits per heavy atom. The standard InChI is InChI=1S/C9H14FN3/c1-7(12-13(2)3)8-4-9(10)6-11-5-8/h4-7,12H,1-3H3. The predicted octanol–water partition coefficient (Wildman–Crippen LogP) is 1.35. The molecule has 0 aliphatic rings. The van der Waals surface area contributed by atoms with E-state index in [9.17, 15) is 4.39 Å². The van der Waals surface area contributed by atoms with Crippen LogP contribution in [0, 0.1) is 5.82 Å². The highest BCUT2D eigenvalue weighted by molar-refractivity contribution is 5.13. The van der Waals surface area contributed by atoms with Crippen LogP contribution >= 0.6 is 0 Å². The number of hydrazine groups is 1. The molecule has 1 aromatic rings. The molecule has 0 spiro atoms. The van der Waals surface area contributed by atoms with E-state index in [1.54, 1.807) is 6.20 Å².